The van der Waals surface area contributed by atoms with Crippen LogP contribution in [0.5, 0.6) is 23.0 Å². The molecule has 4 nitrogen and oxygen atoms in total. The molecule has 0 atom stereocenters. The summed E-state index contributed by atoms with van der Waals surface area (Å²) < 4.78 is 12.7. The predicted octanol–water partition coefficient (Wildman–Crippen LogP) is 9.57. The van der Waals surface area contributed by atoms with E-state index in [1.807, 2.05) is 72.9 Å². The number of benzene rings is 6. The van der Waals surface area contributed by atoms with Crippen LogP contribution in [0.2, 0.25) is 0 Å². The zero-order chi connectivity index (χ0) is 35.2. The van der Waals surface area contributed by atoms with Crippen LogP contribution in [0.1, 0.15) is 16.7 Å². The summed E-state index contributed by atoms with van der Waals surface area (Å²) in [5.41, 5.74) is 14.2. The van der Waals surface area contributed by atoms with Crippen LogP contribution in [0.3, 0.4) is 0 Å². The van der Waals surface area contributed by atoms with Crippen molar-refractivity contribution in [1.82, 2.24) is 9.97 Å². The van der Waals surface area contributed by atoms with Crippen molar-refractivity contribution in [2.45, 2.75) is 20.8 Å². The second-order valence-electron chi connectivity index (χ2n) is 13.3. The minimum Gasteiger partial charge on any atom is -0.503 e. The Kier molecular flexibility index (Phi) is 9.26. The Balaban J connectivity index is 0.000000160. The standard InChI is InChI=1S/C27H15BNO2.C20H18N.Ir/c1-3-11-21-17(7-1)15-16-22(29-21)18-8-5-10-20-27(18)31-25-14-6-13-24-26(25)28(20)19-9-2-4-12-23(19)30-24;1-14-9-10-18(20-11-15(2)16(3)13-21-20)12-19(14)17-7-5-4-6-8-17;/h1-7,9-16H;4-9,11-13H,1-3H3;/q2*-1;. The van der Waals surface area contributed by atoms with Crippen LogP contribution in [0.4, 0.5) is 0 Å². The van der Waals surface area contributed by atoms with E-state index in [0.29, 0.717) is 0 Å². The van der Waals surface area contributed by atoms with Gasteiger partial charge in [-0.25, -0.2) is 0 Å². The van der Waals surface area contributed by atoms with Crippen molar-refractivity contribution in [1.29, 1.82) is 0 Å². The Morgan fingerprint density at radius 2 is 1.36 bits per heavy atom. The molecule has 0 saturated heterocycles. The average Bonchev–Trinajstić information content (AvgIpc) is 3.19. The van der Waals surface area contributed by atoms with Gasteiger partial charge in [0.2, 0.25) is 6.71 Å². The summed E-state index contributed by atoms with van der Waals surface area (Å²) in [6.45, 7) is 6.37. The van der Waals surface area contributed by atoms with Crippen molar-refractivity contribution in [3.05, 3.63) is 175 Å². The fraction of sp³-hybridized carbons (Fsp3) is 0.0638. The Labute approximate surface area is 324 Å². The second kappa shape index (κ2) is 14.3. The maximum atomic E-state index is 6.49. The van der Waals surface area contributed by atoms with E-state index in [2.05, 4.69) is 111 Å². The van der Waals surface area contributed by atoms with Crippen LogP contribution >= 0.6 is 0 Å². The molecular weight excluding hydrogens is 828 g/mol. The first-order valence-corrected chi connectivity index (χ1v) is 17.5. The molecule has 10 rings (SSSR count). The fourth-order valence-corrected chi connectivity index (χ4v) is 7.15. The maximum absolute atomic E-state index is 6.49. The SMILES string of the molecule is Cc1cnc(-c2[c-]cc(C)c(-c3ccccc3)c2)cc1C.[Ir].[c-]1ccc2c(c1-c1ccc3ccccc3n1)Oc1cccc3c1B2c1ccccc1O3. The van der Waals surface area contributed by atoms with Crippen LogP contribution in [0.25, 0.3) is 44.5 Å². The van der Waals surface area contributed by atoms with E-state index >= 15 is 0 Å². The minimum absolute atomic E-state index is 0. The summed E-state index contributed by atoms with van der Waals surface area (Å²) >= 11 is 0. The van der Waals surface area contributed by atoms with E-state index in [-0.39, 0.29) is 26.8 Å². The molecule has 6 heteroatoms. The summed E-state index contributed by atoms with van der Waals surface area (Å²) in [4.78, 5) is 9.44. The zero-order valence-electron chi connectivity index (χ0n) is 29.5. The van der Waals surface area contributed by atoms with Gasteiger partial charge in [0.25, 0.3) is 0 Å². The molecule has 53 heavy (non-hydrogen) atoms. The number of aromatic nitrogens is 2. The quantitative estimate of drug-likeness (QED) is 0.131. The largest absolute Gasteiger partial charge is 0.503 e. The molecule has 0 bridgehead atoms. The van der Waals surface area contributed by atoms with Crippen LogP contribution in [-0.2, 0) is 20.1 Å². The number of para-hydroxylation sites is 2. The maximum Gasteiger partial charge on any atom is 0.241 e. The molecule has 0 saturated carbocycles. The van der Waals surface area contributed by atoms with Crippen molar-refractivity contribution in [3.8, 4) is 56.6 Å². The normalized spacial score (nSPS) is 11.8. The second-order valence-corrected chi connectivity index (χ2v) is 13.3. The molecule has 0 aliphatic carbocycles. The van der Waals surface area contributed by atoms with Gasteiger partial charge in [0.05, 0.1) is 5.52 Å². The molecule has 8 aromatic rings. The number of hydrogen-bond donors (Lipinski definition) is 0. The van der Waals surface area contributed by atoms with Gasteiger partial charge in [-0.05, 0) is 71.5 Å². The fourth-order valence-electron chi connectivity index (χ4n) is 7.15. The molecule has 2 aliphatic heterocycles. The molecule has 2 aliphatic rings. The molecule has 0 spiro atoms. The van der Waals surface area contributed by atoms with E-state index in [9.17, 15) is 0 Å². The third-order valence-electron chi connectivity index (χ3n) is 10.0. The number of aryl methyl sites for hydroxylation is 3. The smallest absolute Gasteiger partial charge is 0.241 e. The Bertz CT molecular complexity index is 2640. The van der Waals surface area contributed by atoms with E-state index in [1.54, 1.807) is 0 Å². The van der Waals surface area contributed by atoms with Crippen molar-refractivity contribution >= 4 is 34.0 Å². The van der Waals surface area contributed by atoms with Gasteiger partial charge in [-0.15, -0.1) is 53.0 Å². The van der Waals surface area contributed by atoms with E-state index < -0.39 is 0 Å². The first kappa shape index (κ1) is 34.3. The molecule has 1 radical (unpaired) electrons. The van der Waals surface area contributed by atoms with E-state index in [0.717, 1.165) is 72.8 Å². The molecule has 6 aromatic carbocycles. The van der Waals surface area contributed by atoms with Crippen LogP contribution in [-0.4, -0.2) is 16.7 Å². The third kappa shape index (κ3) is 6.35. The molecule has 4 heterocycles. The molecule has 257 valence electrons. The van der Waals surface area contributed by atoms with Gasteiger partial charge in [-0.2, -0.15) is 0 Å². The van der Waals surface area contributed by atoms with Gasteiger partial charge >= 0.3 is 0 Å². The van der Waals surface area contributed by atoms with Gasteiger partial charge in [-0.3, -0.25) is 4.98 Å². The van der Waals surface area contributed by atoms with E-state index in [1.165, 1.54) is 27.8 Å². The summed E-state index contributed by atoms with van der Waals surface area (Å²) in [7, 11) is 0. The number of fused-ring (bicyclic) bond motifs is 5. The summed E-state index contributed by atoms with van der Waals surface area (Å²) in [5, 5.41) is 1.12. The van der Waals surface area contributed by atoms with Crippen LogP contribution in [0.15, 0.2) is 146 Å². The average molecular weight is 861 g/mol. The van der Waals surface area contributed by atoms with Crippen LogP contribution < -0.4 is 25.9 Å². The number of ether oxygens (including phenoxy) is 2. The Morgan fingerprint density at radius 1 is 0.604 bits per heavy atom. The van der Waals surface area contributed by atoms with Crippen LogP contribution in [0, 0.1) is 32.9 Å². The van der Waals surface area contributed by atoms with E-state index in [4.69, 9.17) is 14.5 Å². The van der Waals surface area contributed by atoms with Crippen molar-refractivity contribution in [2.75, 3.05) is 0 Å². The zero-order valence-corrected chi connectivity index (χ0v) is 31.9. The minimum atomic E-state index is 0. The molecule has 0 N–H and O–H groups in total. The van der Waals surface area contributed by atoms with Crippen molar-refractivity contribution in [3.63, 3.8) is 0 Å². The summed E-state index contributed by atoms with van der Waals surface area (Å²) in [6, 6.07) is 54.2. The Hall–Kier alpha value is -5.81. The summed E-state index contributed by atoms with van der Waals surface area (Å²) in [5.74, 6) is 3.39. The Morgan fingerprint density at radius 3 is 2.21 bits per heavy atom. The topological polar surface area (TPSA) is 44.2 Å². The number of nitrogens with zero attached hydrogens (tertiary/aromatic N) is 2. The summed E-state index contributed by atoms with van der Waals surface area (Å²) in [6.07, 6.45) is 1.93. The molecule has 0 fully saturated rings. The van der Waals surface area contributed by atoms with Gasteiger partial charge in [0, 0.05) is 37.5 Å². The number of pyridine rings is 2. The molecule has 0 unspecified atom stereocenters. The first-order chi connectivity index (χ1) is 25.5. The number of hydrogen-bond acceptors (Lipinski definition) is 4. The molecule has 0 amide bonds. The van der Waals surface area contributed by atoms with Gasteiger partial charge in [0.1, 0.15) is 17.2 Å². The first-order valence-electron chi connectivity index (χ1n) is 17.5. The monoisotopic (exact) mass is 861 g/mol. The predicted molar refractivity (Wildman–Crippen MR) is 212 cm³/mol. The molecular formula is C47H33BIrN2O2-2. The van der Waals surface area contributed by atoms with Gasteiger partial charge in [0.15, 0.2) is 0 Å². The van der Waals surface area contributed by atoms with Crippen molar-refractivity contribution < 1.29 is 29.6 Å². The van der Waals surface area contributed by atoms with Gasteiger partial charge < -0.3 is 14.5 Å². The third-order valence-corrected chi connectivity index (χ3v) is 10.0. The van der Waals surface area contributed by atoms with Crippen molar-refractivity contribution in [2.24, 2.45) is 0 Å². The van der Waals surface area contributed by atoms with Gasteiger partial charge in [-0.1, -0.05) is 115 Å². The number of rotatable bonds is 3. The molecule has 2 aromatic heterocycles.